The van der Waals surface area contributed by atoms with Crippen molar-refractivity contribution in [2.24, 2.45) is 0 Å². The van der Waals surface area contributed by atoms with Crippen LogP contribution in [0.4, 0.5) is 0 Å². The quantitative estimate of drug-likeness (QED) is 0.913. The number of ether oxygens (including phenoxy) is 1. The topological polar surface area (TPSA) is 29.5 Å². The smallest absolute Gasteiger partial charge is 0.110 e. The van der Waals surface area contributed by atoms with Crippen LogP contribution in [0.1, 0.15) is 26.3 Å². The van der Waals surface area contributed by atoms with Gasteiger partial charge in [0.25, 0.3) is 0 Å². The number of halogens is 1. The second-order valence-corrected chi connectivity index (χ2v) is 5.06. The highest BCUT2D eigenvalue weighted by atomic mass is 79.9. The lowest BCUT2D eigenvalue weighted by Gasteiger charge is -2.25. The van der Waals surface area contributed by atoms with Gasteiger partial charge in [-0.3, -0.25) is 0 Å². The van der Waals surface area contributed by atoms with E-state index in [1.165, 1.54) is 0 Å². The molecule has 0 aromatic heterocycles. The normalized spacial score (nSPS) is 15.3. The molecule has 1 aromatic carbocycles. The number of aliphatic hydroxyl groups is 1. The molecular formula is C12H17BrO2. The van der Waals surface area contributed by atoms with Gasteiger partial charge in [-0.25, -0.2) is 0 Å². The summed E-state index contributed by atoms with van der Waals surface area (Å²) in [7, 11) is 0. The van der Waals surface area contributed by atoms with E-state index in [1.807, 2.05) is 38.1 Å². The molecule has 0 heterocycles. The monoisotopic (exact) mass is 272 g/mol. The average Bonchev–Trinajstić information content (AvgIpc) is 2.15. The first kappa shape index (κ1) is 12.7. The van der Waals surface area contributed by atoms with E-state index in [4.69, 9.17) is 4.74 Å². The Hall–Kier alpha value is -0.380. The van der Waals surface area contributed by atoms with E-state index in [2.05, 4.69) is 15.9 Å². The van der Waals surface area contributed by atoms with Crippen LogP contribution in [-0.4, -0.2) is 17.8 Å². The second-order valence-electron chi connectivity index (χ2n) is 4.14. The second kappa shape index (κ2) is 5.10. The zero-order chi connectivity index (χ0) is 11.5. The first-order chi connectivity index (χ1) is 6.92. The van der Waals surface area contributed by atoms with E-state index in [-0.39, 0.29) is 6.10 Å². The van der Waals surface area contributed by atoms with Crippen LogP contribution in [0.2, 0.25) is 0 Å². The zero-order valence-corrected chi connectivity index (χ0v) is 10.9. The third-order valence-corrected chi connectivity index (χ3v) is 2.64. The van der Waals surface area contributed by atoms with Crippen molar-refractivity contribution in [2.45, 2.75) is 32.5 Å². The summed E-state index contributed by atoms with van der Waals surface area (Å²) in [6, 6.07) is 7.64. The van der Waals surface area contributed by atoms with Gasteiger partial charge in [0.2, 0.25) is 0 Å². The molecule has 0 spiro atoms. The van der Waals surface area contributed by atoms with Gasteiger partial charge >= 0.3 is 0 Å². The van der Waals surface area contributed by atoms with Gasteiger partial charge < -0.3 is 9.84 Å². The van der Waals surface area contributed by atoms with E-state index < -0.39 is 5.60 Å². The molecule has 2 nitrogen and oxygen atoms in total. The number of rotatable bonds is 4. The molecule has 0 saturated carbocycles. The van der Waals surface area contributed by atoms with Crippen LogP contribution in [0, 0.1) is 0 Å². The minimum absolute atomic E-state index is 0.128. The van der Waals surface area contributed by atoms with E-state index >= 15 is 0 Å². The Bertz CT molecular complexity index is 321. The lowest BCUT2D eigenvalue weighted by Crippen LogP contribution is -2.29. The van der Waals surface area contributed by atoms with Gasteiger partial charge in [-0.1, -0.05) is 28.1 Å². The molecule has 0 aliphatic heterocycles. The summed E-state index contributed by atoms with van der Waals surface area (Å²) >= 11 is 3.38. The maximum Gasteiger partial charge on any atom is 0.110 e. The standard InChI is InChI=1S/C12H17BrO2/c1-9(2)15-8-12(3,14)10-5-4-6-11(13)7-10/h4-7,9,14H,8H2,1-3H3. The van der Waals surface area contributed by atoms with Crippen molar-refractivity contribution < 1.29 is 9.84 Å². The Morgan fingerprint density at radius 3 is 2.67 bits per heavy atom. The first-order valence-electron chi connectivity index (χ1n) is 5.02. The van der Waals surface area contributed by atoms with Crippen LogP contribution >= 0.6 is 15.9 Å². The fourth-order valence-corrected chi connectivity index (χ4v) is 1.63. The molecule has 1 unspecified atom stereocenters. The minimum Gasteiger partial charge on any atom is -0.383 e. The molecule has 1 rings (SSSR count). The SMILES string of the molecule is CC(C)OCC(C)(O)c1cccc(Br)c1. The fraction of sp³-hybridized carbons (Fsp3) is 0.500. The molecule has 0 radical (unpaired) electrons. The molecule has 0 amide bonds. The summed E-state index contributed by atoms with van der Waals surface area (Å²) in [5.74, 6) is 0. The molecule has 0 fully saturated rings. The molecule has 84 valence electrons. The maximum absolute atomic E-state index is 10.2. The molecular weight excluding hydrogens is 256 g/mol. The predicted molar refractivity (Wildman–Crippen MR) is 64.8 cm³/mol. The average molecular weight is 273 g/mol. The summed E-state index contributed by atoms with van der Waals surface area (Å²) in [6.07, 6.45) is 0.128. The van der Waals surface area contributed by atoms with Crippen molar-refractivity contribution >= 4 is 15.9 Å². The Labute approximate surface area is 99.4 Å². The lowest BCUT2D eigenvalue weighted by atomic mass is 9.97. The highest BCUT2D eigenvalue weighted by Crippen LogP contribution is 2.24. The van der Waals surface area contributed by atoms with Crippen molar-refractivity contribution in [1.29, 1.82) is 0 Å². The van der Waals surface area contributed by atoms with Crippen LogP contribution < -0.4 is 0 Å². The van der Waals surface area contributed by atoms with Crippen LogP contribution in [0.25, 0.3) is 0 Å². The largest absolute Gasteiger partial charge is 0.383 e. The third kappa shape index (κ3) is 3.93. The highest BCUT2D eigenvalue weighted by molar-refractivity contribution is 9.10. The van der Waals surface area contributed by atoms with Crippen LogP contribution in [-0.2, 0) is 10.3 Å². The third-order valence-electron chi connectivity index (χ3n) is 2.14. The van der Waals surface area contributed by atoms with E-state index in [9.17, 15) is 5.11 Å². The molecule has 3 heteroatoms. The van der Waals surface area contributed by atoms with E-state index in [0.29, 0.717) is 6.61 Å². The molecule has 0 aliphatic carbocycles. The maximum atomic E-state index is 10.2. The fourth-order valence-electron chi connectivity index (χ4n) is 1.24. The van der Waals surface area contributed by atoms with E-state index in [1.54, 1.807) is 6.92 Å². The van der Waals surface area contributed by atoms with Crippen molar-refractivity contribution in [1.82, 2.24) is 0 Å². The number of hydrogen-bond donors (Lipinski definition) is 1. The molecule has 0 aliphatic rings. The van der Waals surface area contributed by atoms with Gasteiger partial charge in [0.1, 0.15) is 5.60 Å². The molecule has 1 atom stereocenters. The summed E-state index contributed by atoms with van der Waals surface area (Å²) < 4.78 is 6.40. The van der Waals surface area contributed by atoms with E-state index in [0.717, 1.165) is 10.0 Å². The van der Waals surface area contributed by atoms with Crippen LogP contribution in [0.15, 0.2) is 28.7 Å². The van der Waals surface area contributed by atoms with Gasteiger partial charge in [-0.05, 0) is 38.5 Å². The Kier molecular flexibility index (Phi) is 4.32. The number of benzene rings is 1. The van der Waals surface area contributed by atoms with Crippen molar-refractivity contribution in [3.05, 3.63) is 34.3 Å². The van der Waals surface area contributed by atoms with Crippen molar-refractivity contribution in [3.63, 3.8) is 0 Å². The molecule has 1 N–H and O–H groups in total. The van der Waals surface area contributed by atoms with Crippen molar-refractivity contribution in [2.75, 3.05) is 6.61 Å². The summed E-state index contributed by atoms with van der Waals surface area (Å²) in [6.45, 7) is 5.98. The van der Waals surface area contributed by atoms with Crippen LogP contribution in [0.3, 0.4) is 0 Å². The highest BCUT2D eigenvalue weighted by Gasteiger charge is 2.23. The first-order valence-corrected chi connectivity index (χ1v) is 5.81. The molecule has 15 heavy (non-hydrogen) atoms. The number of hydrogen-bond acceptors (Lipinski definition) is 2. The Balaban J connectivity index is 2.76. The van der Waals surface area contributed by atoms with Gasteiger partial charge in [0.05, 0.1) is 12.7 Å². The van der Waals surface area contributed by atoms with Gasteiger partial charge in [-0.15, -0.1) is 0 Å². The Morgan fingerprint density at radius 2 is 2.13 bits per heavy atom. The predicted octanol–water partition coefficient (Wildman–Crippen LogP) is 3.08. The molecule has 1 aromatic rings. The molecule has 0 saturated heterocycles. The summed E-state index contributed by atoms with van der Waals surface area (Å²) in [5, 5.41) is 10.2. The van der Waals surface area contributed by atoms with Gasteiger partial charge in [0, 0.05) is 4.47 Å². The van der Waals surface area contributed by atoms with Crippen LogP contribution in [0.5, 0.6) is 0 Å². The summed E-state index contributed by atoms with van der Waals surface area (Å²) in [5.41, 5.74) is -0.0776. The van der Waals surface area contributed by atoms with Gasteiger partial charge in [-0.2, -0.15) is 0 Å². The minimum atomic E-state index is -0.936. The Morgan fingerprint density at radius 1 is 1.47 bits per heavy atom. The van der Waals surface area contributed by atoms with Crippen molar-refractivity contribution in [3.8, 4) is 0 Å². The summed E-state index contributed by atoms with van der Waals surface area (Å²) in [4.78, 5) is 0. The molecule has 0 bridgehead atoms. The zero-order valence-electron chi connectivity index (χ0n) is 9.33. The van der Waals surface area contributed by atoms with Gasteiger partial charge in [0.15, 0.2) is 0 Å². The lowest BCUT2D eigenvalue weighted by molar-refractivity contribution is -0.0574.